The zero-order chi connectivity index (χ0) is 11.4. The van der Waals surface area contributed by atoms with Crippen LogP contribution in [0.2, 0.25) is 0 Å². The Balaban J connectivity index is 4.01. The van der Waals surface area contributed by atoms with E-state index in [1.54, 1.807) is 6.92 Å². The fourth-order valence-electron chi connectivity index (χ4n) is 0.735. The number of carbonyl (C=O) groups excluding carboxylic acids is 1. The van der Waals surface area contributed by atoms with E-state index in [4.69, 9.17) is 0 Å². The molecule has 84 valence electrons. The molecule has 0 rings (SSSR count). The second-order valence-electron chi connectivity index (χ2n) is 4.18. The van der Waals surface area contributed by atoms with Crippen molar-refractivity contribution >= 4 is 17.0 Å². The molecule has 0 aliphatic rings. The molecule has 0 saturated heterocycles. The largest absolute Gasteiger partial charge is 0.469 e. The summed E-state index contributed by atoms with van der Waals surface area (Å²) in [5.74, 6) is -0.295. The van der Waals surface area contributed by atoms with Gasteiger partial charge in [0.25, 0.3) is 0 Å². The standard InChI is InChI=1S/C9H19NO3S/c1-7(6-8(11)13-5)10-14(12)9(2,3)4/h7,10H,6H2,1-5H3/t7-,14?/m1/s1. The van der Waals surface area contributed by atoms with E-state index in [0.717, 1.165) is 0 Å². The van der Waals surface area contributed by atoms with E-state index < -0.39 is 11.0 Å². The normalized spacial score (nSPS) is 16.1. The first-order chi connectivity index (χ1) is 6.27. The minimum Gasteiger partial charge on any atom is -0.469 e. The van der Waals surface area contributed by atoms with Crippen molar-refractivity contribution in [3.63, 3.8) is 0 Å². The number of methoxy groups -OCH3 is 1. The van der Waals surface area contributed by atoms with Crippen molar-refractivity contribution in [2.24, 2.45) is 0 Å². The van der Waals surface area contributed by atoms with Crippen molar-refractivity contribution in [1.82, 2.24) is 4.72 Å². The SMILES string of the molecule is COC(=O)C[C@@H](C)NS(=O)C(C)(C)C. The van der Waals surface area contributed by atoms with Crippen LogP contribution in [-0.4, -0.2) is 28.1 Å². The van der Waals surface area contributed by atoms with Crippen molar-refractivity contribution in [2.45, 2.75) is 44.9 Å². The summed E-state index contributed by atoms with van der Waals surface area (Å²) >= 11 is 0. The van der Waals surface area contributed by atoms with Gasteiger partial charge in [0.15, 0.2) is 0 Å². The Morgan fingerprint density at radius 3 is 2.36 bits per heavy atom. The molecule has 0 aromatic rings. The third-order valence-corrected chi connectivity index (χ3v) is 3.29. The Bertz CT molecular complexity index is 223. The molecule has 14 heavy (non-hydrogen) atoms. The van der Waals surface area contributed by atoms with E-state index in [2.05, 4.69) is 9.46 Å². The number of hydrogen-bond donors (Lipinski definition) is 1. The molecular formula is C9H19NO3S. The predicted octanol–water partition coefficient (Wildman–Crippen LogP) is 0.990. The van der Waals surface area contributed by atoms with Crippen LogP contribution in [0, 0.1) is 0 Å². The van der Waals surface area contributed by atoms with Crippen LogP contribution < -0.4 is 4.72 Å². The highest BCUT2D eigenvalue weighted by atomic mass is 32.2. The van der Waals surface area contributed by atoms with Gasteiger partial charge in [-0.25, -0.2) is 8.93 Å². The minimum absolute atomic E-state index is 0.137. The number of ether oxygens (including phenoxy) is 1. The highest BCUT2D eigenvalue weighted by molar-refractivity contribution is 7.84. The van der Waals surface area contributed by atoms with Gasteiger partial charge >= 0.3 is 5.97 Å². The third-order valence-electron chi connectivity index (χ3n) is 1.56. The van der Waals surface area contributed by atoms with Gasteiger partial charge < -0.3 is 4.74 Å². The molecule has 0 aliphatic carbocycles. The Kier molecular flexibility index (Phi) is 5.29. The molecule has 0 saturated carbocycles. The van der Waals surface area contributed by atoms with Gasteiger partial charge in [-0.2, -0.15) is 0 Å². The molecule has 0 bridgehead atoms. The van der Waals surface area contributed by atoms with Crippen LogP contribution in [-0.2, 0) is 20.5 Å². The van der Waals surface area contributed by atoms with E-state index in [9.17, 15) is 9.00 Å². The van der Waals surface area contributed by atoms with Gasteiger partial charge in [0, 0.05) is 6.04 Å². The molecule has 5 heteroatoms. The average molecular weight is 221 g/mol. The van der Waals surface area contributed by atoms with Crippen LogP contribution in [0.1, 0.15) is 34.1 Å². The first-order valence-corrected chi connectivity index (χ1v) is 5.67. The minimum atomic E-state index is -1.14. The summed E-state index contributed by atoms with van der Waals surface area (Å²) in [6.07, 6.45) is 0.234. The molecule has 1 unspecified atom stereocenters. The fourth-order valence-corrected chi connectivity index (χ4v) is 1.54. The van der Waals surface area contributed by atoms with Gasteiger partial charge in [-0.1, -0.05) is 0 Å². The Morgan fingerprint density at radius 1 is 1.50 bits per heavy atom. The lowest BCUT2D eigenvalue weighted by atomic mass is 10.2. The van der Waals surface area contributed by atoms with E-state index in [1.165, 1.54) is 7.11 Å². The number of rotatable bonds is 4. The third kappa shape index (κ3) is 5.34. The molecule has 0 aromatic heterocycles. The van der Waals surface area contributed by atoms with Gasteiger partial charge in [0.2, 0.25) is 0 Å². The molecule has 0 amide bonds. The highest BCUT2D eigenvalue weighted by Gasteiger charge is 2.22. The quantitative estimate of drug-likeness (QED) is 0.720. The van der Waals surface area contributed by atoms with Crippen molar-refractivity contribution < 1.29 is 13.7 Å². The van der Waals surface area contributed by atoms with E-state index in [1.807, 2.05) is 20.8 Å². The lowest BCUT2D eigenvalue weighted by Gasteiger charge is -2.21. The average Bonchev–Trinajstić information content (AvgIpc) is 2.02. The van der Waals surface area contributed by atoms with Gasteiger partial charge in [0.1, 0.15) is 0 Å². The second-order valence-corrected chi connectivity index (χ2v) is 6.18. The molecule has 1 N–H and O–H groups in total. The van der Waals surface area contributed by atoms with Gasteiger partial charge in [-0.05, 0) is 27.7 Å². The second kappa shape index (κ2) is 5.46. The molecule has 2 atom stereocenters. The molecule has 0 fully saturated rings. The summed E-state index contributed by atoms with van der Waals surface area (Å²) in [7, 11) is 0.199. The van der Waals surface area contributed by atoms with Crippen molar-refractivity contribution in [3.8, 4) is 0 Å². The van der Waals surface area contributed by atoms with E-state index in [-0.39, 0.29) is 23.2 Å². The molecule has 0 aliphatic heterocycles. The van der Waals surface area contributed by atoms with Gasteiger partial charge in [0.05, 0.1) is 29.3 Å². The van der Waals surface area contributed by atoms with Crippen molar-refractivity contribution in [2.75, 3.05) is 7.11 Å². The fraction of sp³-hybridized carbons (Fsp3) is 0.889. The predicted molar refractivity (Wildman–Crippen MR) is 57.1 cm³/mol. The van der Waals surface area contributed by atoms with Gasteiger partial charge in [-0.3, -0.25) is 4.79 Å². The first-order valence-electron chi connectivity index (χ1n) is 4.52. The first kappa shape index (κ1) is 13.6. The Morgan fingerprint density at radius 2 is 2.00 bits per heavy atom. The lowest BCUT2D eigenvalue weighted by Crippen LogP contribution is -2.39. The Hall–Kier alpha value is -0.420. The maximum atomic E-state index is 11.6. The van der Waals surface area contributed by atoms with Crippen LogP contribution >= 0.6 is 0 Å². The summed E-state index contributed by atoms with van der Waals surface area (Å²) in [6, 6.07) is -0.137. The summed E-state index contributed by atoms with van der Waals surface area (Å²) in [4.78, 5) is 10.9. The zero-order valence-corrected chi connectivity index (χ0v) is 10.2. The maximum absolute atomic E-state index is 11.6. The molecule has 0 radical (unpaired) electrons. The summed E-state index contributed by atoms with van der Waals surface area (Å²) in [6.45, 7) is 7.43. The maximum Gasteiger partial charge on any atom is 0.307 e. The highest BCUT2D eigenvalue weighted by Crippen LogP contribution is 2.09. The number of hydrogen-bond acceptors (Lipinski definition) is 3. The van der Waals surface area contributed by atoms with Gasteiger partial charge in [-0.15, -0.1) is 0 Å². The van der Waals surface area contributed by atoms with Crippen molar-refractivity contribution in [1.29, 1.82) is 0 Å². The lowest BCUT2D eigenvalue weighted by molar-refractivity contribution is -0.140. The van der Waals surface area contributed by atoms with Crippen LogP contribution in [0.5, 0.6) is 0 Å². The molecule has 0 spiro atoms. The monoisotopic (exact) mass is 221 g/mol. The molecule has 4 nitrogen and oxygen atoms in total. The summed E-state index contributed by atoms with van der Waals surface area (Å²) in [5.41, 5.74) is 0. The van der Waals surface area contributed by atoms with E-state index >= 15 is 0 Å². The van der Waals surface area contributed by atoms with Crippen LogP contribution in [0.15, 0.2) is 0 Å². The molecule has 0 heterocycles. The van der Waals surface area contributed by atoms with Crippen molar-refractivity contribution in [3.05, 3.63) is 0 Å². The topological polar surface area (TPSA) is 55.4 Å². The summed E-state index contributed by atoms with van der Waals surface area (Å²) < 4.78 is 18.6. The number of carbonyl (C=O) groups is 1. The van der Waals surface area contributed by atoms with Crippen LogP contribution in [0.4, 0.5) is 0 Å². The smallest absolute Gasteiger partial charge is 0.307 e. The van der Waals surface area contributed by atoms with Crippen LogP contribution in [0.3, 0.4) is 0 Å². The van der Waals surface area contributed by atoms with E-state index in [0.29, 0.717) is 0 Å². The number of nitrogens with one attached hydrogen (secondary N) is 1. The van der Waals surface area contributed by atoms with Crippen LogP contribution in [0.25, 0.3) is 0 Å². The summed E-state index contributed by atoms with van der Waals surface area (Å²) in [5, 5.41) is 0. The molecule has 0 aromatic carbocycles. The Labute approximate surface area is 88.0 Å². The number of esters is 1. The molecular weight excluding hydrogens is 202 g/mol. The zero-order valence-electron chi connectivity index (χ0n) is 9.42.